The first-order valence-corrected chi connectivity index (χ1v) is 47.3. The predicted molar refractivity (Wildman–Crippen MR) is 506 cm³/mol. The maximum atomic E-state index is 12.6. The number of thiazole rings is 4. The predicted octanol–water partition coefficient (Wildman–Crippen LogP) is 12.8. The zero-order valence-corrected chi connectivity index (χ0v) is 79.2. The Balaban J connectivity index is 0.000000152. The second kappa shape index (κ2) is 45.5. The third-order valence-corrected chi connectivity index (χ3v) is 28.2. The molecule has 16 rings (SSSR count). The van der Waals surface area contributed by atoms with E-state index in [0.29, 0.717) is 137 Å². The van der Waals surface area contributed by atoms with E-state index in [1.807, 2.05) is 82.0 Å². The maximum absolute atomic E-state index is 12.6. The van der Waals surface area contributed by atoms with Crippen LogP contribution in [0.15, 0.2) is 121 Å². The topological polar surface area (TPSA) is 355 Å². The highest BCUT2D eigenvalue weighted by Gasteiger charge is 2.28. The summed E-state index contributed by atoms with van der Waals surface area (Å²) in [6, 6.07) is 7.99. The molecule has 13 heterocycles. The van der Waals surface area contributed by atoms with Crippen LogP contribution < -0.4 is 40.9 Å². The second-order valence-electron chi connectivity index (χ2n) is 30.0. The van der Waals surface area contributed by atoms with Crippen molar-refractivity contribution < 1.29 is 34.2 Å². The minimum atomic E-state index is -0.282. The zero-order chi connectivity index (χ0) is 88.5. The molecule has 668 valence electrons. The molecule has 6 N–H and O–H groups in total. The minimum absolute atomic E-state index is 0. The Labute approximate surface area is 785 Å². The Bertz CT molecular complexity index is 5590. The number of aromatic nitrogens is 12. The number of likely N-dealkylation sites (N-methyl/N-ethyl adjacent to an activating group) is 1. The van der Waals surface area contributed by atoms with Crippen LogP contribution in [0.25, 0.3) is 0 Å². The van der Waals surface area contributed by atoms with Crippen LogP contribution in [-0.2, 0) is 30.5 Å². The molecule has 4 aliphatic heterocycles. The third kappa shape index (κ3) is 26.5. The van der Waals surface area contributed by atoms with Gasteiger partial charge in [-0.2, -0.15) is 0 Å². The van der Waals surface area contributed by atoms with Crippen LogP contribution in [-0.4, -0.2) is 257 Å². The molecular formula is C84H98BrCl5N24O7S5. The van der Waals surface area contributed by atoms with Gasteiger partial charge in [0, 0.05) is 207 Å². The van der Waals surface area contributed by atoms with Crippen LogP contribution in [0.5, 0.6) is 0 Å². The Morgan fingerprint density at radius 1 is 0.460 bits per heavy atom. The summed E-state index contributed by atoms with van der Waals surface area (Å²) in [5.74, 6) is 5.65. The van der Waals surface area contributed by atoms with Gasteiger partial charge in [-0.1, -0.05) is 99.6 Å². The first kappa shape index (κ1) is 96.3. The van der Waals surface area contributed by atoms with E-state index in [4.69, 9.17) is 68.2 Å². The number of nitrogens with one attached hydrogen (secondary N) is 4. The molecule has 4 fully saturated rings. The van der Waals surface area contributed by atoms with E-state index in [1.54, 1.807) is 43.2 Å². The van der Waals surface area contributed by atoms with Crippen molar-refractivity contribution in [1.29, 1.82) is 0 Å². The largest absolute Gasteiger partial charge is 0.395 e. The first-order chi connectivity index (χ1) is 60.1. The van der Waals surface area contributed by atoms with E-state index in [-0.39, 0.29) is 50.2 Å². The number of piperazine rings is 4. The number of aliphatic hydroxyl groups is 2. The van der Waals surface area contributed by atoms with Crippen LogP contribution in [0, 0.1) is 27.7 Å². The van der Waals surface area contributed by atoms with E-state index in [9.17, 15) is 24.0 Å². The summed E-state index contributed by atoms with van der Waals surface area (Å²) in [7, 11) is 2.13. The fraction of sp³-hybridized carbons (Fsp3) is 0.417. The molecule has 0 saturated carbocycles. The molecule has 9 aromatic heterocycles. The molecule has 9 aromatic rings. The van der Waals surface area contributed by atoms with Crippen LogP contribution in [0.2, 0.25) is 9.36 Å². The van der Waals surface area contributed by atoms with Crippen molar-refractivity contribution in [1.82, 2.24) is 95.4 Å². The van der Waals surface area contributed by atoms with Gasteiger partial charge >= 0.3 is 0 Å². The molecule has 0 bridgehead atoms. The number of rotatable bonds is 24. The van der Waals surface area contributed by atoms with Crippen LogP contribution in [0.3, 0.4) is 0 Å². The smallest absolute Gasteiger partial charge is 0.267 e. The number of β-amino-alcohol motifs (C(OH)–C–C–N with tert-alkyl or cyclic N) is 2. The molecule has 31 nitrogen and oxygen atoms in total. The first-order valence-electron chi connectivity index (χ1n) is 40.4. The molecule has 0 spiro atoms. The molecule has 0 radical (unpaired) electrons. The van der Waals surface area contributed by atoms with Gasteiger partial charge in [0.25, 0.3) is 23.6 Å². The number of thiophene rings is 1. The van der Waals surface area contributed by atoms with Gasteiger partial charge in [0.2, 0.25) is 5.91 Å². The molecule has 126 heavy (non-hydrogen) atoms. The number of aliphatic hydroxyl groups excluding tert-OH is 2. The lowest BCUT2D eigenvalue weighted by molar-refractivity contribution is -0.129. The van der Waals surface area contributed by atoms with Crippen molar-refractivity contribution in [3.05, 3.63) is 216 Å². The lowest BCUT2D eigenvalue weighted by atomic mass is 10.2. The second-order valence-corrected chi connectivity index (χ2v) is 38.6. The van der Waals surface area contributed by atoms with Gasteiger partial charge in [-0.3, -0.25) is 33.8 Å². The highest BCUT2D eigenvalue weighted by Crippen LogP contribution is 2.38. The molecular weight excluding hydrogens is 1870 g/mol. The van der Waals surface area contributed by atoms with Crippen LogP contribution in [0.4, 0.5) is 29.0 Å². The number of nitrogens with zero attached hydrogens (tertiary/aromatic N) is 20. The summed E-state index contributed by atoms with van der Waals surface area (Å²) < 4.78 is 1.43. The number of hydrogen-bond donors (Lipinski definition) is 6. The van der Waals surface area contributed by atoms with Crippen molar-refractivity contribution >= 4 is 189 Å². The average molecular weight is 1970 g/mol. The number of anilines is 5. The summed E-state index contributed by atoms with van der Waals surface area (Å²) in [4.78, 5) is 136. The average Bonchev–Trinajstić information content (AvgIpc) is 1.53. The maximum Gasteiger partial charge on any atom is 0.267 e. The SMILES string of the molecule is C.CC(=O)N1CCN(c2cc(Cc3ncc(C(=O)NC4=C(Cl)CC=C4C)s3)nc(C)n2)CC1.Cc1nc(Cc2ncc(C(=O)NC3=C(Br)CC=C3)s2)cc(N2CCN(CCO)CC2)n1.Cc1nc(Cc2ncc(C(=O)NC3=C(Cl)CC=C3Cl)s2)cc(N2CCN(CCO)CC2)n1.Cc1nc(Cc2ncc(C(=O)Nc3c(Cl)csc3Cl)s2)cc(N2CCN(C)CC2)n1. The lowest BCUT2D eigenvalue weighted by Gasteiger charge is -2.35. The van der Waals surface area contributed by atoms with E-state index < -0.39 is 0 Å². The lowest BCUT2D eigenvalue weighted by Crippen LogP contribution is -2.48. The number of carbonyl (C=O) groups is 5. The Morgan fingerprint density at radius 2 is 0.817 bits per heavy atom. The molecule has 5 amide bonds. The third-order valence-electron chi connectivity index (χ3n) is 20.8. The van der Waals surface area contributed by atoms with Gasteiger partial charge in [-0.15, -0.1) is 56.7 Å². The van der Waals surface area contributed by atoms with Gasteiger partial charge in [-0.25, -0.2) is 59.8 Å². The molecule has 4 saturated heterocycles. The number of amides is 5. The van der Waals surface area contributed by atoms with Gasteiger partial charge in [0.15, 0.2) is 0 Å². The van der Waals surface area contributed by atoms with Gasteiger partial charge in [0.1, 0.15) is 70.4 Å². The standard InChI is InChI=1S/C22H25ClN6O2S.C21H25BrN6O2S.C21H24Cl2N6O2S.C19H20Cl2N6OS2.CH4/c1-13-4-5-17(23)21(13)27-22(31)18-12-24-20(32-18)11-16-10-19(26-14(2)25-16)29-8-6-28(7-9-29)15(3)30;1-14-24-15(11-19(25-14)28-7-5-27(6-8-28)9-10-29)12-20-23-13-18(31-20)21(30)26-17-4-2-3-16(17)22;1-13-25-14(10-18(26-13)29-6-4-28(5-7-29)8-9-30)11-19-24-12-17(32-19)21(31)27-20-15(22)2-3-16(20)23;1-11-23-12(7-15(24-11)27-5-3-26(2)4-6-27)8-16-22-9-14(30-16)19(28)25-17-13(20)10-29-18(17)21;/h4,10,12H,5-9,11H2,1-3H3,(H,27,31);2,4,11,13,29H,3,5-10,12H2,1H3,(H,26,30);2,10,12,30H,3-9,11H2,1H3,(H,27,31);7,9-10H,3-6,8H2,1-2H3,(H,25,28);1H4. The Hall–Kier alpha value is -8.74. The molecule has 3 aliphatic carbocycles. The van der Waals surface area contributed by atoms with E-state index >= 15 is 0 Å². The minimum Gasteiger partial charge on any atom is -0.395 e. The number of hydrogen-bond acceptors (Lipinski definition) is 31. The molecule has 7 aliphatic rings. The van der Waals surface area contributed by atoms with Gasteiger partial charge in [0.05, 0.1) is 114 Å². The number of allylic oxidation sites excluding steroid dienone is 9. The zero-order valence-electron chi connectivity index (χ0n) is 69.8. The van der Waals surface area contributed by atoms with Crippen LogP contribution in [0.1, 0.15) is 145 Å². The number of carbonyl (C=O) groups excluding carboxylic acids is 5. The summed E-state index contributed by atoms with van der Waals surface area (Å²) >= 11 is 40.7. The van der Waals surface area contributed by atoms with Crippen molar-refractivity contribution in [3.63, 3.8) is 0 Å². The quantitative estimate of drug-likeness (QED) is 0.0327. The van der Waals surface area contributed by atoms with E-state index in [1.165, 1.54) is 56.7 Å². The fourth-order valence-corrected chi connectivity index (χ4v) is 20.0. The number of aryl methyl sites for hydroxylation is 4. The van der Waals surface area contributed by atoms with E-state index in [0.717, 1.165) is 192 Å². The normalized spacial score (nSPS) is 16.2. The molecule has 0 atom stereocenters. The Kier molecular flexibility index (Phi) is 34.8. The van der Waals surface area contributed by atoms with Crippen molar-refractivity contribution in [2.24, 2.45) is 0 Å². The van der Waals surface area contributed by atoms with Crippen molar-refractivity contribution in [2.45, 2.75) is 93.9 Å². The molecule has 0 aromatic carbocycles. The summed E-state index contributed by atoms with van der Waals surface area (Å²) in [5, 5.41) is 36.6. The highest BCUT2D eigenvalue weighted by molar-refractivity contribution is 9.11. The summed E-state index contributed by atoms with van der Waals surface area (Å²) in [6.07, 6.45) is 18.1. The monoisotopic (exact) mass is 1970 g/mol. The van der Waals surface area contributed by atoms with Gasteiger partial charge in [-0.05, 0) is 59.7 Å². The molecule has 42 heteroatoms. The van der Waals surface area contributed by atoms with Crippen LogP contribution >= 0.6 is 131 Å². The summed E-state index contributed by atoms with van der Waals surface area (Å²) in [5.41, 5.74) is 6.86. The number of halogens is 6. The highest BCUT2D eigenvalue weighted by atomic mass is 79.9. The van der Waals surface area contributed by atoms with Crippen molar-refractivity contribution in [3.8, 4) is 0 Å². The van der Waals surface area contributed by atoms with E-state index in [2.05, 4.69) is 138 Å². The van der Waals surface area contributed by atoms with Gasteiger partial charge < -0.3 is 60.9 Å². The summed E-state index contributed by atoms with van der Waals surface area (Å²) in [6.45, 7) is 26.7. The molecule has 0 unspecified atom stereocenters. The fourth-order valence-electron chi connectivity index (χ4n) is 14.2. The Morgan fingerprint density at radius 3 is 1.15 bits per heavy atom. The van der Waals surface area contributed by atoms with Crippen molar-refractivity contribution in [2.75, 3.05) is 163 Å².